The molecular formula is C17H21N3O5S2. The molecule has 1 aliphatic rings. The molecule has 27 heavy (non-hydrogen) atoms. The summed E-state index contributed by atoms with van der Waals surface area (Å²) in [5.41, 5.74) is 0.332. The molecule has 1 amide bonds. The summed E-state index contributed by atoms with van der Waals surface area (Å²) in [6.07, 6.45) is 0.296. The smallest absolute Gasteiger partial charge is 0.248 e. The summed E-state index contributed by atoms with van der Waals surface area (Å²) in [5, 5.41) is 5.53. The lowest BCUT2D eigenvalue weighted by atomic mass is 10.1. The summed E-state index contributed by atoms with van der Waals surface area (Å²) in [6.45, 7) is 4.17. The highest BCUT2D eigenvalue weighted by Crippen LogP contribution is 2.24. The van der Waals surface area contributed by atoms with E-state index in [1.165, 1.54) is 15.6 Å². The molecule has 3 heterocycles. The van der Waals surface area contributed by atoms with Crippen molar-refractivity contribution in [2.24, 2.45) is 0 Å². The Morgan fingerprint density at radius 3 is 2.44 bits per heavy atom. The second-order valence-electron chi connectivity index (χ2n) is 6.34. The zero-order valence-corrected chi connectivity index (χ0v) is 16.8. The molecule has 8 nitrogen and oxygen atoms in total. The molecule has 0 aromatic carbocycles. The first-order chi connectivity index (χ1) is 12.8. The van der Waals surface area contributed by atoms with Crippen LogP contribution in [0.1, 0.15) is 34.0 Å². The van der Waals surface area contributed by atoms with E-state index >= 15 is 0 Å². The van der Waals surface area contributed by atoms with E-state index in [4.69, 9.17) is 4.52 Å². The van der Waals surface area contributed by atoms with Gasteiger partial charge >= 0.3 is 0 Å². The van der Waals surface area contributed by atoms with Gasteiger partial charge in [0.25, 0.3) is 0 Å². The predicted octanol–water partition coefficient (Wildman–Crippen LogP) is 1.85. The van der Waals surface area contributed by atoms with Crippen LogP contribution in [-0.2, 0) is 14.8 Å². The third-order valence-corrected chi connectivity index (χ3v) is 7.57. The lowest BCUT2D eigenvalue weighted by molar-refractivity contribution is -0.132. The minimum atomic E-state index is -3.70. The van der Waals surface area contributed by atoms with Crippen molar-refractivity contribution in [3.8, 4) is 0 Å². The van der Waals surface area contributed by atoms with Gasteiger partial charge in [0.1, 0.15) is 10.6 Å². The summed E-state index contributed by atoms with van der Waals surface area (Å²) < 4.78 is 31.9. The largest absolute Gasteiger partial charge is 0.360 e. The number of rotatable bonds is 6. The van der Waals surface area contributed by atoms with Gasteiger partial charge < -0.3 is 9.42 Å². The van der Waals surface area contributed by atoms with Crippen molar-refractivity contribution in [2.45, 2.75) is 31.6 Å². The minimum Gasteiger partial charge on any atom is -0.360 e. The average Bonchev–Trinajstić information content (AvgIpc) is 3.29. The molecule has 2 aromatic rings. The Kier molecular flexibility index (Phi) is 5.78. The Morgan fingerprint density at radius 1 is 1.19 bits per heavy atom. The molecule has 0 N–H and O–H groups in total. The SMILES string of the molecule is Cc1noc(C)c1S(=O)(=O)N1CCN(C(=O)CCC(=O)c2cccs2)CC1. The predicted molar refractivity (Wildman–Crippen MR) is 99.2 cm³/mol. The first kappa shape index (κ1) is 19.7. The number of aromatic nitrogens is 1. The molecule has 3 rings (SSSR count). The summed E-state index contributed by atoms with van der Waals surface area (Å²) >= 11 is 1.36. The molecule has 0 aliphatic carbocycles. The van der Waals surface area contributed by atoms with Crippen molar-refractivity contribution in [2.75, 3.05) is 26.2 Å². The first-order valence-electron chi connectivity index (χ1n) is 8.58. The van der Waals surface area contributed by atoms with E-state index in [9.17, 15) is 18.0 Å². The number of amides is 1. The Morgan fingerprint density at radius 2 is 1.89 bits per heavy atom. The number of sulfonamides is 1. The fourth-order valence-electron chi connectivity index (χ4n) is 3.09. The van der Waals surface area contributed by atoms with Crippen molar-refractivity contribution in [3.63, 3.8) is 0 Å². The van der Waals surface area contributed by atoms with Crippen molar-refractivity contribution in [3.05, 3.63) is 33.8 Å². The van der Waals surface area contributed by atoms with Crippen LogP contribution in [0.15, 0.2) is 26.9 Å². The summed E-state index contributed by atoms with van der Waals surface area (Å²) in [6, 6.07) is 3.55. The molecule has 0 radical (unpaired) electrons. The van der Waals surface area contributed by atoms with Gasteiger partial charge in [-0.1, -0.05) is 11.2 Å². The van der Waals surface area contributed by atoms with Crippen LogP contribution in [0.3, 0.4) is 0 Å². The average molecular weight is 412 g/mol. The van der Waals surface area contributed by atoms with E-state index in [1.807, 2.05) is 5.38 Å². The molecule has 10 heteroatoms. The monoisotopic (exact) mass is 411 g/mol. The third kappa shape index (κ3) is 4.12. The van der Waals surface area contributed by atoms with Gasteiger partial charge in [0.05, 0.1) is 4.88 Å². The van der Waals surface area contributed by atoms with E-state index < -0.39 is 10.0 Å². The van der Waals surface area contributed by atoms with Crippen LogP contribution < -0.4 is 0 Å². The van der Waals surface area contributed by atoms with Crippen molar-refractivity contribution in [1.29, 1.82) is 0 Å². The Bertz CT molecular complexity index is 906. The second-order valence-corrected chi connectivity index (χ2v) is 9.16. The Hall–Kier alpha value is -2.04. The first-order valence-corrected chi connectivity index (χ1v) is 10.9. The van der Waals surface area contributed by atoms with Gasteiger partial charge in [0.2, 0.25) is 15.9 Å². The fraction of sp³-hybridized carbons (Fsp3) is 0.471. The van der Waals surface area contributed by atoms with Crippen LogP contribution in [0.2, 0.25) is 0 Å². The van der Waals surface area contributed by atoms with Gasteiger partial charge in [-0.25, -0.2) is 8.42 Å². The van der Waals surface area contributed by atoms with Crippen LogP contribution in [-0.4, -0.2) is 60.6 Å². The van der Waals surface area contributed by atoms with E-state index in [2.05, 4.69) is 5.16 Å². The number of ketones is 1. The van der Waals surface area contributed by atoms with Crippen LogP contribution in [0.4, 0.5) is 0 Å². The molecule has 1 aliphatic heterocycles. The van der Waals surface area contributed by atoms with Crippen LogP contribution >= 0.6 is 11.3 Å². The second kappa shape index (κ2) is 7.91. The van der Waals surface area contributed by atoms with E-state index in [1.54, 1.807) is 30.9 Å². The molecule has 2 aromatic heterocycles. The lowest BCUT2D eigenvalue weighted by Crippen LogP contribution is -2.50. The number of hydrogen-bond acceptors (Lipinski definition) is 7. The highest BCUT2D eigenvalue weighted by Gasteiger charge is 2.34. The summed E-state index contributed by atoms with van der Waals surface area (Å²) in [5.74, 6) is 0.0883. The zero-order chi connectivity index (χ0) is 19.6. The number of piperazine rings is 1. The zero-order valence-electron chi connectivity index (χ0n) is 15.2. The van der Waals surface area contributed by atoms with Gasteiger partial charge in [0.15, 0.2) is 11.5 Å². The number of aryl methyl sites for hydroxylation is 2. The minimum absolute atomic E-state index is 0.0435. The molecule has 1 fully saturated rings. The van der Waals surface area contributed by atoms with Crippen molar-refractivity contribution < 1.29 is 22.5 Å². The maximum absolute atomic E-state index is 12.8. The highest BCUT2D eigenvalue weighted by molar-refractivity contribution is 7.89. The Balaban J connectivity index is 1.55. The molecule has 0 unspecified atom stereocenters. The fourth-order valence-corrected chi connectivity index (χ4v) is 5.50. The van der Waals surface area contributed by atoms with Gasteiger partial charge in [-0.05, 0) is 25.3 Å². The number of carbonyl (C=O) groups excluding carboxylic acids is 2. The third-order valence-electron chi connectivity index (χ3n) is 4.52. The van der Waals surface area contributed by atoms with Crippen LogP contribution in [0, 0.1) is 13.8 Å². The number of Topliss-reactive ketones (excluding diaryl/α,β-unsaturated/α-hetero) is 1. The van der Waals surface area contributed by atoms with Crippen molar-refractivity contribution in [1.82, 2.24) is 14.4 Å². The number of hydrogen-bond donors (Lipinski definition) is 0. The van der Waals surface area contributed by atoms with E-state index in [-0.39, 0.29) is 48.3 Å². The number of nitrogens with zero attached hydrogens (tertiary/aromatic N) is 3. The van der Waals surface area contributed by atoms with Gasteiger partial charge in [-0.15, -0.1) is 11.3 Å². The van der Waals surface area contributed by atoms with Crippen LogP contribution in [0.5, 0.6) is 0 Å². The van der Waals surface area contributed by atoms with Crippen LogP contribution in [0.25, 0.3) is 0 Å². The van der Waals surface area contributed by atoms with E-state index in [0.29, 0.717) is 23.7 Å². The van der Waals surface area contributed by atoms with Gasteiger partial charge in [0, 0.05) is 39.0 Å². The molecule has 0 bridgehead atoms. The van der Waals surface area contributed by atoms with Gasteiger partial charge in [-0.2, -0.15) is 4.31 Å². The Labute approximate surface area is 161 Å². The maximum Gasteiger partial charge on any atom is 0.248 e. The molecule has 1 saturated heterocycles. The molecule has 146 valence electrons. The molecule has 0 spiro atoms. The summed E-state index contributed by atoms with van der Waals surface area (Å²) in [7, 11) is -3.70. The van der Waals surface area contributed by atoms with Crippen molar-refractivity contribution >= 4 is 33.1 Å². The normalized spacial score (nSPS) is 15.9. The molecule has 0 saturated carbocycles. The van der Waals surface area contributed by atoms with Gasteiger partial charge in [-0.3, -0.25) is 9.59 Å². The standard InChI is InChI=1S/C17H21N3O5S2/c1-12-17(13(2)25-18-12)27(23,24)20-9-7-19(8-10-20)16(22)6-5-14(21)15-4-3-11-26-15/h3-4,11H,5-10H2,1-2H3. The molecule has 0 atom stereocenters. The van der Waals surface area contributed by atoms with E-state index in [0.717, 1.165) is 0 Å². The lowest BCUT2D eigenvalue weighted by Gasteiger charge is -2.34. The number of carbonyl (C=O) groups is 2. The topological polar surface area (TPSA) is 101 Å². The quantitative estimate of drug-likeness (QED) is 0.673. The highest BCUT2D eigenvalue weighted by atomic mass is 32.2. The summed E-state index contributed by atoms with van der Waals surface area (Å²) in [4.78, 5) is 26.7. The maximum atomic E-state index is 12.8. The number of thiophene rings is 1. The molecular weight excluding hydrogens is 390 g/mol.